The number of aliphatic hydroxyl groups excluding tert-OH is 1. The van der Waals surface area contributed by atoms with Crippen LogP contribution in [-0.2, 0) is 0 Å². The molecule has 2 atom stereocenters. The number of para-hydroxylation sites is 1. The summed E-state index contributed by atoms with van der Waals surface area (Å²) >= 11 is 0. The van der Waals surface area contributed by atoms with Gasteiger partial charge in [-0.1, -0.05) is 31.0 Å². The van der Waals surface area contributed by atoms with Crippen LogP contribution in [0, 0.1) is 5.92 Å². The molecule has 0 bridgehead atoms. The maximum Gasteiger partial charge on any atom is 0.118 e. The van der Waals surface area contributed by atoms with Gasteiger partial charge in [-0.2, -0.15) is 0 Å². The van der Waals surface area contributed by atoms with Crippen LogP contribution in [0.4, 0.5) is 0 Å². The van der Waals surface area contributed by atoms with E-state index in [1.807, 2.05) is 30.3 Å². The smallest absolute Gasteiger partial charge is 0.118 e. The summed E-state index contributed by atoms with van der Waals surface area (Å²) in [6.07, 6.45) is 4.70. The summed E-state index contributed by atoms with van der Waals surface area (Å²) in [7, 11) is 5.80. The Morgan fingerprint density at radius 1 is 1.16 bits per heavy atom. The predicted octanol–water partition coefficient (Wildman–Crippen LogP) is 2.79. The minimum Gasteiger partial charge on any atom is -0.497 e. The van der Waals surface area contributed by atoms with Crippen LogP contribution in [0.15, 0.2) is 30.3 Å². The molecular formula is C16H27NO2. The molecule has 2 rings (SSSR count). The minimum absolute atomic E-state index is 0.0360. The van der Waals surface area contributed by atoms with Crippen LogP contribution in [-0.4, -0.2) is 43.9 Å². The number of nitrogens with zero attached hydrogens (tertiary/aromatic N) is 1. The van der Waals surface area contributed by atoms with E-state index in [4.69, 9.17) is 4.74 Å². The molecule has 3 nitrogen and oxygen atoms in total. The summed E-state index contributed by atoms with van der Waals surface area (Å²) in [5, 5.41) is 9.59. The third-order valence-corrected chi connectivity index (χ3v) is 3.45. The van der Waals surface area contributed by atoms with E-state index in [0.717, 1.165) is 18.7 Å². The lowest BCUT2D eigenvalue weighted by Gasteiger charge is -2.29. The van der Waals surface area contributed by atoms with E-state index in [-0.39, 0.29) is 6.10 Å². The van der Waals surface area contributed by atoms with Crippen molar-refractivity contribution in [3.8, 4) is 5.75 Å². The SMILES string of the molecule is CN(C)C[C@H]1CCCC[C@H]1O.COc1ccccc1. The van der Waals surface area contributed by atoms with Crippen LogP contribution < -0.4 is 4.74 Å². The van der Waals surface area contributed by atoms with Crippen molar-refractivity contribution in [2.45, 2.75) is 31.8 Å². The van der Waals surface area contributed by atoms with Gasteiger partial charge in [0.2, 0.25) is 0 Å². The van der Waals surface area contributed by atoms with Crippen LogP contribution in [0.25, 0.3) is 0 Å². The first kappa shape index (κ1) is 16.0. The second kappa shape index (κ2) is 8.94. The molecule has 0 aliphatic heterocycles. The Balaban J connectivity index is 0.000000200. The Morgan fingerprint density at radius 2 is 1.79 bits per heavy atom. The Labute approximate surface area is 117 Å². The van der Waals surface area contributed by atoms with Crippen molar-refractivity contribution >= 4 is 0 Å². The van der Waals surface area contributed by atoms with Gasteiger partial charge in [0.15, 0.2) is 0 Å². The van der Waals surface area contributed by atoms with Gasteiger partial charge in [-0.3, -0.25) is 0 Å². The fourth-order valence-corrected chi connectivity index (χ4v) is 2.43. The summed E-state index contributed by atoms with van der Waals surface area (Å²) in [5.74, 6) is 1.44. The van der Waals surface area contributed by atoms with Crippen LogP contribution >= 0.6 is 0 Å². The van der Waals surface area contributed by atoms with Crippen LogP contribution in [0.2, 0.25) is 0 Å². The van der Waals surface area contributed by atoms with Gasteiger partial charge in [0, 0.05) is 6.54 Å². The summed E-state index contributed by atoms with van der Waals surface area (Å²) < 4.78 is 4.91. The number of hydrogen-bond donors (Lipinski definition) is 1. The molecule has 1 aliphatic rings. The second-order valence-electron chi connectivity index (χ2n) is 5.39. The fraction of sp³-hybridized carbons (Fsp3) is 0.625. The van der Waals surface area contributed by atoms with Gasteiger partial charge in [0.25, 0.3) is 0 Å². The number of aliphatic hydroxyl groups is 1. The van der Waals surface area contributed by atoms with E-state index >= 15 is 0 Å². The summed E-state index contributed by atoms with van der Waals surface area (Å²) in [6.45, 7) is 1.04. The average Bonchev–Trinajstić information content (AvgIpc) is 2.43. The summed E-state index contributed by atoms with van der Waals surface area (Å²) in [4.78, 5) is 2.17. The highest BCUT2D eigenvalue weighted by atomic mass is 16.5. The number of methoxy groups -OCH3 is 1. The maximum atomic E-state index is 9.59. The van der Waals surface area contributed by atoms with E-state index in [1.165, 1.54) is 19.3 Å². The molecule has 0 aromatic heterocycles. The Hall–Kier alpha value is -1.06. The Morgan fingerprint density at radius 3 is 2.26 bits per heavy atom. The average molecular weight is 265 g/mol. The third kappa shape index (κ3) is 6.60. The molecule has 1 aromatic rings. The van der Waals surface area contributed by atoms with E-state index in [9.17, 15) is 5.11 Å². The van der Waals surface area contributed by atoms with Crippen molar-refractivity contribution in [1.29, 1.82) is 0 Å². The third-order valence-electron chi connectivity index (χ3n) is 3.45. The number of benzene rings is 1. The molecule has 1 fully saturated rings. The van der Waals surface area contributed by atoms with E-state index in [2.05, 4.69) is 19.0 Å². The summed E-state index contributed by atoms with van der Waals surface area (Å²) in [5.41, 5.74) is 0. The molecule has 3 heteroatoms. The Bertz CT molecular complexity index is 327. The standard InChI is InChI=1S/C9H19NO.C7H8O/c1-10(2)7-8-5-3-4-6-9(8)11;1-8-7-5-3-2-4-6-7/h8-9,11H,3-7H2,1-2H3;2-6H,1H3/t8-,9-;/m1./s1. The molecule has 0 spiro atoms. The van der Waals surface area contributed by atoms with Gasteiger partial charge in [-0.25, -0.2) is 0 Å². The molecule has 0 saturated heterocycles. The zero-order valence-corrected chi connectivity index (χ0v) is 12.4. The molecule has 0 radical (unpaired) electrons. The minimum atomic E-state index is -0.0360. The molecular weight excluding hydrogens is 238 g/mol. The normalized spacial score (nSPS) is 22.6. The lowest BCUT2D eigenvalue weighted by Crippen LogP contribution is -2.33. The molecule has 0 amide bonds. The lowest BCUT2D eigenvalue weighted by molar-refractivity contribution is 0.0555. The Kier molecular flexibility index (Phi) is 7.53. The highest BCUT2D eigenvalue weighted by Crippen LogP contribution is 2.24. The van der Waals surface area contributed by atoms with Gasteiger partial charge >= 0.3 is 0 Å². The van der Waals surface area contributed by atoms with Crippen molar-refractivity contribution in [1.82, 2.24) is 4.90 Å². The zero-order valence-electron chi connectivity index (χ0n) is 12.4. The van der Waals surface area contributed by atoms with Crippen LogP contribution in [0.5, 0.6) is 5.75 Å². The summed E-state index contributed by atoms with van der Waals surface area (Å²) in [6, 6.07) is 9.68. The van der Waals surface area contributed by atoms with Crippen molar-refractivity contribution in [2.75, 3.05) is 27.7 Å². The van der Waals surface area contributed by atoms with Crippen molar-refractivity contribution in [2.24, 2.45) is 5.92 Å². The predicted molar refractivity (Wildman–Crippen MR) is 79.5 cm³/mol. The molecule has 1 N–H and O–H groups in total. The van der Waals surface area contributed by atoms with Crippen LogP contribution in [0.1, 0.15) is 25.7 Å². The van der Waals surface area contributed by atoms with E-state index in [0.29, 0.717) is 5.92 Å². The van der Waals surface area contributed by atoms with Crippen LogP contribution in [0.3, 0.4) is 0 Å². The van der Waals surface area contributed by atoms with Gasteiger partial charge < -0.3 is 14.7 Å². The lowest BCUT2D eigenvalue weighted by atomic mass is 9.86. The molecule has 0 heterocycles. The highest BCUT2D eigenvalue weighted by molar-refractivity contribution is 5.20. The molecule has 1 aliphatic carbocycles. The van der Waals surface area contributed by atoms with Crippen molar-refractivity contribution in [3.63, 3.8) is 0 Å². The number of ether oxygens (including phenoxy) is 1. The molecule has 108 valence electrons. The van der Waals surface area contributed by atoms with Gasteiger partial charge in [0.1, 0.15) is 5.75 Å². The van der Waals surface area contributed by atoms with Crippen molar-refractivity contribution in [3.05, 3.63) is 30.3 Å². The number of hydrogen-bond acceptors (Lipinski definition) is 3. The largest absolute Gasteiger partial charge is 0.497 e. The quantitative estimate of drug-likeness (QED) is 0.912. The first-order valence-electron chi connectivity index (χ1n) is 7.05. The fourth-order valence-electron chi connectivity index (χ4n) is 2.43. The molecule has 19 heavy (non-hydrogen) atoms. The number of rotatable bonds is 3. The van der Waals surface area contributed by atoms with Gasteiger partial charge in [0.05, 0.1) is 13.2 Å². The highest BCUT2D eigenvalue weighted by Gasteiger charge is 2.22. The monoisotopic (exact) mass is 265 g/mol. The van der Waals surface area contributed by atoms with E-state index < -0.39 is 0 Å². The zero-order chi connectivity index (χ0) is 14.1. The maximum absolute atomic E-state index is 9.59. The topological polar surface area (TPSA) is 32.7 Å². The molecule has 1 saturated carbocycles. The first-order valence-corrected chi connectivity index (χ1v) is 7.05. The first-order chi connectivity index (χ1) is 9.13. The second-order valence-corrected chi connectivity index (χ2v) is 5.39. The molecule has 1 aromatic carbocycles. The van der Waals surface area contributed by atoms with Gasteiger partial charge in [-0.15, -0.1) is 0 Å². The van der Waals surface area contributed by atoms with E-state index in [1.54, 1.807) is 7.11 Å². The van der Waals surface area contributed by atoms with Gasteiger partial charge in [-0.05, 0) is 45.0 Å². The molecule has 0 unspecified atom stereocenters. The van der Waals surface area contributed by atoms with Crippen molar-refractivity contribution < 1.29 is 9.84 Å².